The van der Waals surface area contributed by atoms with Crippen molar-refractivity contribution in [3.8, 4) is 0 Å². The summed E-state index contributed by atoms with van der Waals surface area (Å²) in [5.41, 5.74) is 11.0. The molecule has 0 amide bonds. The first kappa shape index (κ1) is 23.8. The SMILES string of the molecule is CO.NCCN1CCN(CCN)CC1.O=[N+]([O-])[O-].[Ag+]. The second-order valence-corrected chi connectivity index (χ2v) is 3.48. The topological polar surface area (TPSA) is 145 Å². The van der Waals surface area contributed by atoms with Crippen molar-refractivity contribution >= 4 is 0 Å². The van der Waals surface area contributed by atoms with Crippen LogP contribution in [0.3, 0.4) is 0 Å². The molecule has 1 rings (SSSR count). The van der Waals surface area contributed by atoms with Crippen LogP contribution in [0.2, 0.25) is 0 Å². The standard InChI is InChI=1S/C8H20N4.CH4O.Ag.NO3/c9-1-3-11-5-7-12(4-2-10)8-6-11;1-2;;2-1(3)4/h1-10H2;2H,1H3;;/q;;+1;-1. The average molecular weight is 374 g/mol. The third-order valence-corrected chi connectivity index (χ3v) is 2.36. The van der Waals surface area contributed by atoms with E-state index in [2.05, 4.69) is 9.80 Å². The molecule has 19 heavy (non-hydrogen) atoms. The molecule has 0 aromatic rings. The van der Waals surface area contributed by atoms with Gasteiger partial charge in [0.1, 0.15) is 0 Å². The molecule has 0 atom stereocenters. The molecular formula is C9H24AgN5O4. The maximum atomic E-state index is 8.25. The van der Waals surface area contributed by atoms with Crippen LogP contribution in [0, 0.1) is 15.3 Å². The molecule has 10 heteroatoms. The van der Waals surface area contributed by atoms with E-state index in [0.717, 1.165) is 59.5 Å². The van der Waals surface area contributed by atoms with Gasteiger partial charge in [-0.05, 0) is 0 Å². The fraction of sp³-hybridized carbons (Fsp3) is 1.00. The molecule has 5 N–H and O–H groups in total. The van der Waals surface area contributed by atoms with E-state index in [9.17, 15) is 0 Å². The minimum absolute atomic E-state index is 0. The van der Waals surface area contributed by atoms with Crippen molar-refractivity contribution in [1.82, 2.24) is 9.80 Å². The predicted octanol–water partition coefficient (Wildman–Crippen LogP) is -2.11. The molecule has 1 fully saturated rings. The Balaban J connectivity index is -0.000000316. The first-order chi connectivity index (χ1) is 8.60. The fourth-order valence-electron chi connectivity index (χ4n) is 1.60. The van der Waals surface area contributed by atoms with E-state index in [0.29, 0.717) is 0 Å². The van der Waals surface area contributed by atoms with E-state index in [1.165, 1.54) is 0 Å². The summed E-state index contributed by atoms with van der Waals surface area (Å²) in [5, 5.41) is 21.8. The fourth-order valence-corrected chi connectivity index (χ4v) is 1.60. The quantitative estimate of drug-likeness (QED) is 0.288. The number of piperazine rings is 1. The zero-order valence-electron chi connectivity index (χ0n) is 11.1. The zero-order chi connectivity index (χ0) is 14.4. The molecule has 0 aliphatic carbocycles. The van der Waals surface area contributed by atoms with Crippen LogP contribution in [0.5, 0.6) is 0 Å². The zero-order valence-corrected chi connectivity index (χ0v) is 12.6. The molecule has 9 nitrogen and oxygen atoms in total. The molecule has 0 unspecified atom stereocenters. The van der Waals surface area contributed by atoms with E-state index < -0.39 is 5.09 Å². The van der Waals surface area contributed by atoms with Gasteiger partial charge in [0.15, 0.2) is 0 Å². The van der Waals surface area contributed by atoms with Gasteiger partial charge in [-0.2, -0.15) is 0 Å². The summed E-state index contributed by atoms with van der Waals surface area (Å²) in [5.74, 6) is 0. The van der Waals surface area contributed by atoms with Crippen LogP contribution in [0.4, 0.5) is 0 Å². The van der Waals surface area contributed by atoms with Gasteiger partial charge in [-0.25, -0.2) is 0 Å². The second-order valence-electron chi connectivity index (χ2n) is 3.48. The van der Waals surface area contributed by atoms with Crippen LogP contribution in [-0.2, 0) is 22.4 Å². The maximum Gasteiger partial charge on any atom is 1.00 e. The molecule has 0 bridgehead atoms. The number of hydrogen-bond acceptors (Lipinski definition) is 8. The van der Waals surface area contributed by atoms with Crippen molar-refractivity contribution in [2.75, 3.05) is 59.5 Å². The Labute approximate surface area is 129 Å². The Morgan fingerprint density at radius 1 is 1.00 bits per heavy atom. The number of nitrogens with two attached hydrogens (primary N) is 2. The van der Waals surface area contributed by atoms with Crippen LogP contribution < -0.4 is 11.5 Å². The number of nitrogens with zero attached hydrogens (tertiary/aromatic N) is 3. The van der Waals surface area contributed by atoms with Crippen LogP contribution >= 0.6 is 0 Å². The van der Waals surface area contributed by atoms with Gasteiger partial charge >= 0.3 is 22.4 Å². The first-order valence-corrected chi connectivity index (χ1v) is 5.71. The first-order valence-electron chi connectivity index (χ1n) is 5.71. The number of aliphatic hydroxyl groups excluding tert-OH is 1. The third kappa shape index (κ3) is 17.7. The van der Waals surface area contributed by atoms with Gasteiger partial charge in [-0.1, -0.05) is 0 Å². The van der Waals surface area contributed by atoms with Crippen LogP contribution in [0.15, 0.2) is 0 Å². The van der Waals surface area contributed by atoms with E-state index in [4.69, 9.17) is 31.9 Å². The molecule has 0 spiro atoms. The minimum atomic E-state index is -1.75. The molecular weight excluding hydrogens is 350 g/mol. The predicted molar refractivity (Wildman–Crippen MR) is 69.5 cm³/mol. The van der Waals surface area contributed by atoms with E-state index in [1.807, 2.05) is 0 Å². The van der Waals surface area contributed by atoms with Crippen molar-refractivity contribution in [3.63, 3.8) is 0 Å². The van der Waals surface area contributed by atoms with E-state index >= 15 is 0 Å². The maximum absolute atomic E-state index is 8.25. The minimum Gasteiger partial charge on any atom is -0.400 e. The Bertz CT molecular complexity index is 175. The van der Waals surface area contributed by atoms with Gasteiger partial charge in [-0.15, -0.1) is 0 Å². The third-order valence-electron chi connectivity index (χ3n) is 2.36. The summed E-state index contributed by atoms with van der Waals surface area (Å²) in [7, 11) is 1.00. The van der Waals surface area contributed by atoms with Gasteiger partial charge < -0.3 is 31.9 Å². The van der Waals surface area contributed by atoms with Crippen molar-refractivity contribution in [1.29, 1.82) is 0 Å². The molecule has 1 aliphatic rings. The monoisotopic (exact) mass is 373 g/mol. The molecule has 0 aromatic heterocycles. The van der Waals surface area contributed by atoms with Crippen LogP contribution in [0.1, 0.15) is 0 Å². The van der Waals surface area contributed by atoms with Gasteiger partial charge in [0.05, 0.1) is 5.09 Å². The van der Waals surface area contributed by atoms with Crippen LogP contribution in [0.25, 0.3) is 0 Å². The largest absolute Gasteiger partial charge is 1.00 e. The Morgan fingerprint density at radius 2 is 1.21 bits per heavy atom. The Morgan fingerprint density at radius 3 is 1.37 bits per heavy atom. The number of aliphatic hydroxyl groups is 1. The number of rotatable bonds is 4. The molecule has 0 radical (unpaired) electrons. The van der Waals surface area contributed by atoms with Crippen molar-refractivity contribution in [2.24, 2.45) is 11.5 Å². The van der Waals surface area contributed by atoms with Crippen molar-refractivity contribution in [2.45, 2.75) is 0 Å². The second kappa shape index (κ2) is 17.7. The van der Waals surface area contributed by atoms with Gasteiger partial charge in [0.2, 0.25) is 0 Å². The van der Waals surface area contributed by atoms with E-state index in [1.54, 1.807) is 0 Å². The molecule has 1 heterocycles. The molecule has 1 aliphatic heterocycles. The summed E-state index contributed by atoms with van der Waals surface area (Å²) in [6, 6.07) is 0. The summed E-state index contributed by atoms with van der Waals surface area (Å²) >= 11 is 0. The Hall–Kier alpha value is -0.260. The number of hydrogen-bond donors (Lipinski definition) is 3. The van der Waals surface area contributed by atoms with Crippen molar-refractivity contribution in [3.05, 3.63) is 15.3 Å². The smallest absolute Gasteiger partial charge is 0.400 e. The van der Waals surface area contributed by atoms with E-state index in [-0.39, 0.29) is 22.4 Å². The molecule has 0 saturated carbocycles. The summed E-state index contributed by atoms with van der Waals surface area (Å²) in [6.07, 6.45) is 0. The summed E-state index contributed by atoms with van der Waals surface area (Å²) in [4.78, 5) is 13.1. The summed E-state index contributed by atoms with van der Waals surface area (Å²) < 4.78 is 0. The molecule has 120 valence electrons. The van der Waals surface area contributed by atoms with Crippen molar-refractivity contribution < 1.29 is 32.6 Å². The normalized spacial score (nSPS) is 15.2. The Kier molecular flexibility index (Phi) is 22.2. The van der Waals surface area contributed by atoms with Gasteiger partial charge in [0.25, 0.3) is 0 Å². The summed E-state index contributed by atoms with van der Waals surface area (Å²) in [6.45, 7) is 8.23. The van der Waals surface area contributed by atoms with Gasteiger partial charge in [0, 0.05) is 59.5 Å². The molecule has 0 aromatic carbocycles. The van der Waals surface area contributed by atoms with Crippen LogP contribution in [-0.4, -0.2) is 79.5 Å². The average Bonchev–Trinajstić information content (AvgIpc) is 2.34. The molecule has 1 saturated heterocycles. The van der Waals surface area contributed by atoms with Gasteiger partial charge in [-0.3, -0.25) is 9.80 Å².